The lowest BCUT2D eigenvalue weighted by Crippen LogP contribution is -2.08. The van der Waals surface area contributed by atoms with Gasteiger partial charge >= 0.3 is 0 Å². The number of benzene rings is 2. The molecule has 0 amide bonds. The summed E-state index contributed by atoms with van der Waals surface area (Å²) in [7, 11) is 3.00. The van der Waals surface area contributed by atoms with E-state index in [4.69, 9.17) is 9.47 Å². The number of para-hydroxylation sites is 2. The number of hydroxylamine groups is 1. The quantitative estimate of drug-likeness (QED) is 0.269. The fourth-order valence-electron chi connectivity index (χ4n) is 2.21. The highest BCUT2D eigenvalue weighted by Crippen LogP contribution is 2.31. The number of rotatable bonds is 6. The van der Waals surface area contributed by atoms with E-state index in [9.17, 15) is 15.3 Å². The Labute approximate surface area is 133 Å². The van der Waals surface area contributed by atoms with Crippen LogP contribution in [-0.2, 0) is 6.54 Å². The SMILES string of the molecule is COc1cccc(C/[N+]([O-])=C/c2ccccc2[N+](=O)[O-])c1OC. The molecule has 0 saturated heterocycles. The van der Waals surface area contributed by atoms with E-state index >= 15 is 0 Å². The van der Waals surface area contributed by atoms with Gasteiger partial charge in [-0.1, -0.05) is 18.2 Å². The second-order valence-corrected chi connectivity index (χ2v) is 4.67. The van der Waals surface area contributed by atoms with Crippen molar-refractivity contribution in [2.24, 2.45) is 0 Å². The third-order valence-electron chi connectivity index (χ3n) is 3.23. The lowest BCUT2D eigenvalue weighted by molar-refractivity contribution is -0.470. The first-order chi connectivity index (χ1) is 11.1. The van der Waals surface area contributed by atoms with Crippen LogP contribution < -0.4 is 9.47 Å². The summed E-state index contributed by atoms with van der Waals surface area (Å²) in [5.74, 6) is 0.982. The molecule has 7 nitrogen and oxygen atoms in total. The van der Waals surface area contributed by atoms with Crippen LogP contribution in [0.1, 0.15) is 11.1 Å². The van der Waals surface area contributed by atoms with E-state index in [0.717, 1.165) is 0 Å². The molecule has 0 aliphatic heterocycles. The number of nitro groups is 1. The highest BCUT2D eigenvalue weighted by Gasteiger charge is 2.15. The molecule has 0 bridgehead atoms. The van der Waals surface area contributed by atoms with Crippen molar-refractivity contribution in [1.82, 2.24) is 0 Å². The largest absolute Gasteiger partial charge is 0.624 e. The number of nitrogens with zero attached hydrogens (tertiary/aromatic N) is 2. The van der Waals surface area contributed by atoms with Crippen LogP contribution in [0.3, 0.4) is 0 Å². The van der Waals surface area contributed by atoms with Gasteiger partial charge in [0.1, 0.15) is 5.56 Å². The number of nitro benzene ring substituents is 1. The molecule has 0 unspecified atom stereocenters. The molecule has 0 saturated carbocycles. The van der Waals surface area contributed by atoms with Crippen LogP contribution >= 0.6 is 0 Å². The van der Waals surface area contributed by atoms with Crippen LogP contribution in [0.15, 0.2) is 42.5 Å². The normalized spacial score (nSPS) is 11.1. The van der Waals surface area contributed by atoms with E-state index in [0.29, 0.717) is 21.8 Å². The van der Waals surface area contributed by atoms with Crippen LogP contribution in [-0.4, -0.2) is 30.1 Å². The first-order valence-electron chi connectivity index (χ1n) is 6.78. The fraction of sp³-hybridized carbons (Fsp3) is 0.188. The van der Waals surface area contributed by atoms with Gasteiger partial charge in [0.15, 0.2) is 24.3 Å². The first-order valence-corrected chi connectivity index (χ1v) is 6.78. The number of hydrogen-bond donors (Lipinski definition) is 0. The van der Waals surface area contributed by atoms with Gasteiger partial charge in [-0.25, -0.2) is 4.74 Å². The molecule has 2 rings (SSSR count). The molecule has 0 spiro atoms. The third-order valence-corrected chi connectivity index (χ3v) is 3.23. The Kier molecular flexibility index (Phi) is 5.14. The van der Waals surface area contributed by atoms with Gasteiger partial charge in [-0.15, -0.1) is 0 Å². The molecule has 120 valence electrons. The standard InChI is InChI=1S/C16H16N2O5/c1-22-15-9-5-7-13(16(15)23-2)11-17(19)10-12-6-3-4-8-14(12)18(20)21/h3-10H,11H2,1-2H3/b17-10-. The van der Waals surface area contributed by atoms with Crippen LogP contribution in [0.4, 0.5) is 5.69 Å². The van der Waals surface area contributed by atoms with Gasteiger partial charge in [-0.3, -0.25) is 10.1 Å². The highest BCUT2D eigenvalue weighted by molar-refractivity contribution is 5.81. The number of methoxy groups -OCH3 is 2. The number of hydrogen-bond acceptors (Lipinski definition) is 5. The van der Waals surface area contributed by atoms with Crippen LogP contribution in [0.25, 0.3) is 0 Å². The van der Waals surface area contributed by atoms with E-state index in [1.54, 1.807) is 30.3 Å². The first kappa shape index (κ1) is 16.3. The molecular weight excluding hydrogens is 300 g/mol. The topological polar surface area (TPSA) is 87.7 Å². The molecule has 0 heterocycles. The van der Waals surface area contributed by atoms with Gasteiger partial charge in [-0.05, 0) is 18.2 Å². The van der Waals surface area contributed by atoms with Crippen molar-refractivity contribution in [1.29, 1.82) is 0 Å². The fourth-order valence-corrected chi connectivity index (χ4v) is 2.21. The predicted octanol–water partition coefficient (Wildman–Crippen LogP) is 2.74. The molecule has 23 heavy (non-hydrogen) atoms. The Morgan fingerprint density at radius 2 is 1.78 bits per heavy atom. The summed E-state index contributed by atoms with van der Waals surface area (Å²) in [6.45, 7) is -0.0214. The second-order valence-electron chi connectivity index (χ2n) is 4.67. The van der Waals surface area contributed by atoms with Gasteiger partial charge in [-0.2, -0.15) is 0 Å². The lowest BCUT2D eigenvalue weighted by Gasteiger charge is -2.12. The smallest absolute Gasteiger partial charge is 0.282 e. The van der Waals surface area contributed by atoms with E-state index in [2.05, 4.69) is 0 Å². The molecule has 0 aliphatic carbocycles. The maximum Gasteiger partial charge on any atom is 0.282 e. The monoisotopic (exact) mass is 316 g/mol. The molecule has 0 N–H and O–H groups in total. The summed E-state index contributed by atoms with van der Waals surface area (Å²) in [4.78, 5) is 10.5. The van der Waals surface area contributed by atoms with Crippen molar-refractivity contribution >= 4 is 11.9 Å². The zero-order valence-corrected chi connectivity index (χ0v) is 12.8. The van der Waals surface area contributed by atoms with Crippen molar-refractivity contribution < 1.29 is 19.1 Å². The zero-order valence-electron chi connectivity index (χ0n) is 12.8. The Hall–Kier alpha value is -3.09. The van der Waals surface area contributed by atoms with Crippen molar-refractivity contribution in [3.05, 3.63) is 68.9 Å². The minimum atomic E-state index is -0.522. The maximum atomic E-state index is 12.2. The molecule has 0 atom stereocenters. The summed E-state index contributed by atoms with van der Waals surface area (Å²) >= 11 is 0. The third kappa shape index (κ3) is 3.76. The van der Waals surface area contributed by atoms with Crippen LogP contribution in [0.5, 0.6) is 11.5 Å². The van der Waals surface area contributed by atoms with Crippen molar-refractivity contribution in [3.63, 3.8) is 0 Å². The maximum absolute atomic E-state index is 12.2. The summed E-state index contributed by atoms with van der Waals surface area (Å²) in [5.41, 5.74) is 0.747. The Morgan fingerprint density at radius 3 is 2.43 bits per heavy atom. The van der Waals surface area contributed by atoms with E-state index in [-0.39, 0.29) is 17.8 Å². The summed E-state index contributed by atoms with van der Waals surface area (Å²) < 4.78 is 11.1. The summed E-state index contributed by atoms with van der Waals surface area (Å²) in [6, 6.07) is 11.3. The van der Waals surface area contributed by atoms with E-state index < -0.39 is 4.92 Å². The lowest BCUT2D eigenvalue weighted by atomic mass is 10.1. The Balaban J connectivity index is 2.33. The molecule has 2 aromatic carbocycles. The molecule has 0 radical (unpaired) electrons. The number of ether oxygens (including phenoxy) is 2. The van der Waals surface area contributed by atoms with Crippen molar-refractivity contribution in [2.75, 3.05) is 14.2 Å². The van der Waals surface area contributed by atoms with Gasteiger partial charge in [0.2, 0.25) is 0 Å². The minimum absolute atomic E-state index is 0.0214. The molecule has 0 fully saturated rings. The van der Waals surface area contributed by atoms with E-state index in [1.807, 2.05) is 0 Å². The molecular formula is C16H16N2O5. The molecule has 0 aromatic heterocycles. The van der Waals surface area contributed by atoms with Crippen LogP contribution in [0.2, 0.25) is 0 Å². The molecule has 2 aromatic rings. The average Bonchev–Trinajstić information content (AvgIpc) is 2.54. The average molecular weight is 316 g/mol. The molecule has 7 heteroatoms. The Bertz CT molecular complexity index is 743. The summed E-state index contributed by atoms with van der Waals surface area (Å²) in [5, 5.41) is 23.1. The van der Waals surface area contributed by atoms with E-state index in [1.165, 1.54) is 32.6 Å². The van der Waals surface area contributed by atoms with Gasteiger partial charge in [0.05, 0.1) is 24.7 Å². The zero-order chi connectivity index (χ0) is 16.8. The minimum Gasteiger partial charge on any atom is -0.624 e. The second kappa shape index (κ2) is 7.26. The van der Waals surface area contributed by atoms with Gasteiger partial charge in [0, 0.05) is 6.07 Å². The van der Waals surface area contributed by atoms with Gasteiger partial charge in [0.25, 0.3) is 5.69 Å². The molecule has 0 aliphatic rings. The van der Waals surface area contributed by atoms with Crippen molar-refractivity contribution in [2.45, 2.75) is 6.54 Å². The highest BCUT2D eigenvalue weighted by atomic mass is 16.6. The Morgan fingerprint density at radius 1 is 1.04 bits per heavy atom. The van der Waals surface area contributed by atoms with Gasteiger partial charge < -0.3 is 14.7 Å². The van der Waals surface area contributed by atoms with Crippen molar-refractivity contribution in [3.8, 4) is 11.5 Å². The van der Waals surface area contributed by atoms with Crippen LogP contribution in [0, 0.1) is 15.3 Å². The summed E-state index contributed by atoms with van der Waals surface area (Å²) in [6.07, 6.45) is 1.19. The predicted molar refractivity (Wildman–Crippen MR) is 85.1 cm³/mol.